The second kappa shape index (κ2) is 7.42. The highest BCUT2D eigenvalue weighted by atomic mass is 32.1. The Kier molecular flexibility index (Phi) is 4.70. The molecule has 5 rings (SSSR count). The summed E-state index contributed by atoms with van der Waals surface area (Å²) in [5, 5.41) is 10.2. The minimum atomic E-state index is -0.605. The maximum absolute atomic E-state index is 13.7. The van der Waals surface area contributed by atoms with Crippen LogP contribution in [0.25, 0.3) is 11.0 Å². The molecule has 0 radical (unpaired) electrons. The quantitative estimate of drug-likeness (QED) is 0.463. The molecule has 0 N–H and O–H groups in total. The van der Waals surface area contributed by atoms with Gasteiger partial charge in [0, 0.05) is 0 Å². The lowest BCUT2D eigenvalue weighted by Crippen LogP contribution is -2.29. The Balaban J connectivity index is 1.79. The lowest BCUT2D eigenvalue weighted by molar-refractivity contribution is 0.0970. The number of hydrogen-bond donors (Lipinski definition) is 0. The van der Waals surface area contributed by atoms with E-state index in [4.69, 9.17) is 4.42 Å². The third-order valence-electron chi connectivity index (χ3n) is 5.70. The van der Waals surface area contributed by atoms with Gasteiger partial charge in [-0.2, -0.15) is 0 Å². The van der Waals surface area contributed by atoms with Gasteiger partial charge in [0.15, 0.2) is 5.43 Å². The molecule has 0 fully saturated rings. The van der Waals surface area contributed by atoms with Gasteiger partial charge in [0.05, 0.1) is 17.0 Å². The number of carbonyl (C=O) groups is 1. The summed E-state index contributed by atoms with van der Waals surface area (Å²) in [6.45, 7) is 6.03. The maximum atomic E-state index is 13.7. The van der Waals surface area contributed by atoms with E-state index in [0.717, 1.165) is 34.5 Å². The van der Waals surface area contributed by atoms with Crippen LogP contribution in [0.1, 0.15) is 57.7 Å². The SMILES string of the molecule is CCc1ccc2oc3c(c(=O)c2c1)C(c1ccc(C)cc1)N(c1nnc(CC)s1)C3=O. The largest absolute Gasteiger partial charge is 0.450 e. The number of aromatic nitrogens is 2. The highest BCUT2D eigenvalue weighted by molar-refractivity contribution is 7.15. The molecule has 0 saturated carbocycles. The van der Waals surface area contributed by atoms with Gasteiger partial charge in [-0.25, -0.2) is 0 Å². The molecule has 156 valence electrons. The molecule has 1 atom stereocenters. The van der Waals surface area contributed by atoms with Crippen LogP contribution in [0.3, 0.4) is 0 Å². The van der Waals surface area contributed by atoms with E-state index in [0.29, 0.717) is 21.7 Å². The lowest BCUT2D eigenvalue weighted by atomic mass is 9.97. The van der Waals surface area contributed by atoms with Crippen LogP contribution in [0, 0.1) is 6.92 Å². The summed E-state index contributed by atoms with van der Waals surface area (Å²) in [6.07, 6.45) is 1.53. The van der Waals surface area contributed by atoms with Crippen molar-refractivity contribution in [2.24, 2.45) is 0 Å². The van der Waals surface area contributed by atoms with E-state index in [1.165, 1.54) is 11.3 Å². The van der Waals surface area contributed by atoms with Crippen molar-refractivity contribution in [2.75, 3.05) is 4.90 Å². The smallest absolute Gasteiger partial charge is 0.297 e. The zero-order chi connectivity index (χ0) is 21.7. The van der Waals surface area contributed by atoms with Crippen LogP contribution in [0.2, 0.25) is 0 Å². The fourth-order valence-electron chi connectivity index (χ4n) is 3.99. The minimum absolute atomic E-state index is 0.0839. The van der Waals surface area contributed by atoms with Crippen LogP contribution in [-0.2, 0) is 12.8 Å². The molecule has 7 heteroatoms. The number of benzene rings is 2. The summed E-state index contributed by atoms with van der Waals surface area (Å²) in [7, 11) is 0. The molecule has 1 amide bonds. The number of hydrogen-bond acceptors (Lipinski definition) is 6. The Morgan fingerprint density at radius 1 is 1.03 bits per heavy atom. The Bertz CT molecular complexity index is 1370. The fraction of sp³-hybridized carbons (Fsp3) is 0.250. The predicted molar refractivity (Wildman–Crippen MR) is 121 cm³/mol. The van der Waals surface area contributed by atoms with Crippen molar-refractivity contribution >= 4 is 33.3 Å². The highest BCUT2D eigenvalue weighted by Gasteiger charge is 2.45. The Labute approximate surface area is 183 Å². The molecule has 3 heterocycles. The second-order valence-electron chi connectivity index (χ2n) is 7.68. The van der Waals surface area contributed by atoms with Gasteiger partial charge in [-0.15, -0.1) is 10.2 Å². The van der Waals surface area contributed by atoms with E-state index < -0.39 is 6.04 Å². The maximum Gasteiger partial charge on any atom is 0.297 e. The first-order chi connectivity index (χ1) is 15.0. The number of anilines is 1. The van der Waals surface area contributed by atoms with Crippen molar-refractivity contribution in [2.45, 2.75) is 39.7 Å². The van der Waals surface area contributed by atoms with Crippen LogP contribution in [0.15, 0.2) is 51.7 Å². The van der Waals surface area contributed by atoms with Crippen LogP contribution in [0.4, 0.5) is 5.13 Å². The van der Waals surface area contributed by atoms with Crippen LogP contribution < -0.4 is 10.3 Å². The van der Waals surface area contributed by atoms with E-state index in [-0.39, 0.29) is 17.1 Å². The van der Waals surface area contributed by atoms with Crippen molar-refractivity contribution in [1.29, 1.82) is 0 Å². The molecule has 0 spiro atoms. The topological polar surface area (TPSA) is 76.3 Å². The number of fused-ring (bicyclic) bond motifs is 2. The zero-order valence-electron chi connectivity index (χ0n) is 17.5. The van der Waals surface area contributed by atoms with Gasteiger partial charge in [-0.1, -0.05) is 61.1 Å². The van der Waals surface area contributed by atoms with Crippen molar-refractivity contribution in [3.8, 4) is 0 Å². The van der Waals surface area contributed by atoms with Crippen molar-refractivity contribution in [1.82, 2.24) is 10.2 Å². The molecular weight excluding hydrogens is 410 g/mol. The van der Waals surface area contributed by atoms with E-state index >= 15 is 0 Å². The molecule has 6 nitrogen and oxygen atoms in total. The molecular formula is C24H21N3O3S. The second-order valence-corrected chi connectivity index (χ2v) is 8.72. The molecule has 0 saturated heterocycles. The Morgan fingerprint density at radius 2 is 1.81 bits per heavy atom. The highest BCUT2D eigenvalue weighted by Crippen LogP contribution is 2.42. The summed E-state index contributed by atoms with van der Waals surface area (Å²) in [4.78, 5) is 28.7. The summed E-state index contributed by atoms with van der Waals surface area (Å²) < 4.78 is 6.02. The van der Waals surface area contributed by atoms with E-state index in [1.54, 1.807) is 11.0 Å². The van der Waals surface area contributed by atoms with Gasteiger partial charge in [0.2, 0.25) is 10.9 Å². The van der Waals surface area contributed by atoms with Crippen LogP contribution in [0.5, 0.6) is 0 Å². The normalized spacial score (nSPS) is 15.6. The molecule has 1 aliphatic rings. The molecule has 2 aromatic carbocycles. The first-order valence-corrected chi connectivity index (χ1v) is 11.2. The Morgan fingerprint density at radius 3 is 2.48 bits per heavy atom. The van der Waals surface area contributed by atoms with Crippen LogP contribution >= 0.6 is 11.3 Å². The van der Waals surface area contributed by atoms with Gasteiger partial charge < -0.3 is 4.42 Å². The number of nitrogens with zero attached hydrogens (tertiary/aromatic N) is 3. The van der Waals surface area contributed by atoms with Crippen molar-refractivity contribution < 1.29 is 9.21 Å². The number of amides is 1. The summed E-state index contributed by atoms with van der Waals surface area (Å²) in [5.41, 5.74) is 3.59. The van der Waals surface area contributed by atoms with E-state index in [9.17, 15) is 9.59 Å². The van der Waals surface area contributed by atoms with Gasteiger partial charge in [0.25, 0.3) is 5.91 Å². The summed E-state index contributed by atoms with van der Waals surface area (Å²) in [6, 6.07) is 12.8. The number of aryl methyl sites for hydroxylation is 3. The molecule has 1 unspecified atom stereocenters. The monoisotopic (exact) mass is 431 g/mol. The molecule has 1 aliphatic heterocycles. The summed E-state index contributed by atoms with van der Waals surface area (Å²) >= 11 is 1.36. The van der Waals surface area contributed by atoms with E-state index in [2.05, 4.69) is 10.2 Å². The van der Waals surface area contributed by atoms with Gasteiger partial charge in [-0.05, 0) is 43.0 Å². The molecule has 31 heavy (non-hydrogen) atoms. The standard InChI is InChI=1S/C24H21N3O3S/c1-4-14-8-11-17-16(12-14)21(28)19-20(15-9-6-13(3)7-10-15)27(23(29)22(19)30-17)24-26-25-18(5-2)31-24/h6-12,20H,4-5H2,1-3H3. The van der Waals surface area contributed by atoms with Gasteiger partial charge in [-0.3, -0.25) is 14.5 Å². The van der Waals surface area contributed by atoms with E-state index in [1.807, 2.05) is 57.2 Å². The van der Waals surface area contributed by atoms with Crippen molar-refractivity contribution in [3.63, 3.8) is 0 Å². The average molecular weight is 432 g/mol. The zero-order valence-corrected chi connectivity index (χ0v) is 18.3. The predicted octanol–water partition coefficient (Wildman–Crippen LogP) is 4.83. The number of rotatable bonds is 4. The third kappa shape index (κ3) is 3.08. The lowest BCUT2D eigenvalue weighted by Gasteiger charge is -2.22. The van der Waals surface area contributed by atoms with Crippen molar-refractivity contribution in [3.05, 3.63) is 85.7 Å². The first-order valence-electron chi connectivity index (χ1n) is 10.3. The number of carbonyl (C=O) groups excluding carboxylic acids is 1. The van der Waals surface area contributed by atoms with Gasteiger partial charge >= 0.3 is 0 Å². The first kappa shape index (κ1) is 19.6. The third-order valence-corrected chi connectivity index (χ3v) is 6.77. The molecule has 2 aromatic heterocycles. The minimum Gasteiger partial charge on any atom is -0.450 e. The van der Waals surface area contributed by atoms with Gasteiger partial charge in [0.1, 0.15) is 10.6 Å². The average Bonchev–Trinajstić information content (AvgIpc) is 3.37. The molecule has 0 bridgehead atoms. The summed E-state index contributed by atoms with van der Waals surface area (Å²) in [5.74, 6) is -0.279. The Hall–Kier alpha value is -3.32. The molecule has 0 aliphatic carbocycles. The fourth-order valence-corrected chi connectivity index (χ4v) is 4.79. The molecule has 4 aromatic rings. The van der Waals surface area contributed by atoms with Crippen LogP contribution in [-0.4, -0.2) is 16.1 Å².